The van der Waals surface area contributed by atoms with E-state index in [1.165, 1.54) is 0 Å². The first-order valence-corrected chi connectivity index (χ1v) is 9.29. The van der Waals surface area contributed by atoms with Crippen LogP contribution in [0.5, 0.6) is 0 Å². The van der Waals surface area contributed by atoms with Gasteiger partial charge in [0.2, 0.25) is 0 Å². The van der Waals surface area contributed by atoms with Gasteiger partial charge in [0, 0.05) is 52.5 Å². The van der Waals surface area contributed by atoms with Gasteiger partial charge >= 0.3 is 0 Å². The number of nitrogens with zero attached hydrogens (tertiary/aromatic N) is 2. The fourth-order valence-electron chi connectivity index (χ4n) is 2.58. The van der Waals surface area contributed by atoms with Gasteiger partial charge < -0.3 is 20.1 Å². The van der Waals surface area contributed by atoms with Crippen LogP contribution in [0.1, 0.15) is 47.0 Å². The Morgan fingerprint density at radius 2 is 1.52 bits per heavy atom. The molecule has 0 saturated carbocycles. The number of methoxy groups -OCH3 is 1. The van der Waals surface area contributed by atoms with E-state index in [0.717, 1.165) is 51.5 Å². The summed E-state index contributed by atoms with van der Waals surface area (Å²) in [6.45, 7) is 14.1. The Labute approximate surface area is 172 Å². The Balaban J connectivity index is 0. The Kier molecular flexibility index (Phi) is 20.2. The number of guanidine groups is 1. The van der Waals surface area contributed by atoms with Gasteiger partial charge in [-0.15, -0.1) is 24.0 Å². The lowest BCUT2D eigenvalue weighted by Crippen LogP contribution is -2.41. The number of halogens is 1. The zero-order valence-corrected chi connectivity index (χ0v) is 19.5. The molecule has 2 N–H and O–H groups in total. The summed E-state index contributed by atoms with van der Waals surface area (Å²) in [5, 5.41) is 6.74. The zero-order valence-electron chi connectivity index (χ0n) is 17.1. The molecule has 0 unspecified atom stereocenters. The van der Waals surface area contributed by atoms with Crippen LogP contribution in [0, 0.1) is 0 Å². The van der Waals surface area contributed by atoms with Crippen LogP contribution in [0.2, 0.25) is 0 Å². The highest BCUT2D eigenvalue weighted by Gasteiger charge is 2.12. The molecule has 0 aromatic heterocycles. The van der Waals surface area contributed by atoms with Crippen molar-refractivity contribution >= 4 is 29.9 Å². The maximum absolute atomic E-state index is 5.44. The first-order valence-electron chi connectivity index (χ1n) is 9.29. The second kappa shape index (κ2) is 18.7. The first kappa shape index (κ1) is 27.1. The van der Waals surface area contributed by atoms with Gasteiger partial charge in [-0.3, -0.25) is 9.89 Å². The highest BCUT2D eigenvalue weighted by Crippen LogP contribution is 2.05. The zero-order chi connectivity index (χ0) is 18.2. The minimum Gasteiger partial charge on any atom is -0.382 e. The highest BCUT2D eigenvalue weighted by atomic mass is 127. The van der Waals surface area contributed by atoms with E-state index in [-0.39, 0.29) is 24.0 Å². The quantitative estimate of drug-likeness (QED) is 0.176. The number of rotatable bonds is 14. The number of unbranched alkanes of at least 4 members (excludes halogenated alkanes) is 1. The molecular weight excluding hydrogens is 431 g/mol. The monoisotopic (exact) mass is 472 g/mol. The van der Waals surface area contributed by atoms with Crippen molar-refractivity contribution in [2.75, 3.05) is 53.6 Å². The normalized spacial score (nSPS) is 12.0. The Bertz CT molecular complexity index is 307. The molecule has 0 amide bonds. The fourth-order valence-corrected chi connectivity index (χ4v) is 2.58. The highest BCUT2D eigenvalue weighted by molar-refractivity contribution is 14.0. The number of nitrogens with one attached hydrogen (secondary N) is 2. The van der Waals surface area contributed by atoms with Gasteiger partial charge in [0.05, 0.1) is 13.2 Å². The predicted octanol–water partition coefficient (Wildman–Crippen LogP) is 2.72. The van der Waals surface area contributed by atoms with Gasteiger partial charge in [0.1, 0.15) is 0 Å². The SMILES string of the molecule is CN=C(NCCCCOCCOC)NCCCN(C(C)C)C(C)C.I. The van der Waals surface area contributed by atoms with Crippen LogP contribution in [0.3, 0.4) is 0 Å². The lowest BCUT2D eigenvalue weighted by Gasteiger charge is -2.30. The Morgan fingerprint density at radius 1 is 0.920 bits per heavy atom. The minimum atomic E-state index is 0. The van der Waals surface area contributed by atoms with Gasteiger partial charge in [0.15, 0.2) is 5.96 Å². The van der Waals surface area contributed by atoms with Crippen molar-refractivity contribution in [3.8, 4) is 0 Å². The second-order valence-electron chi connectivity index (χ2n) is 6.52. The lowest BCUT2D eigenvalue weighted by atomic mass is 10.2. The summed E-state index contributed by atoms with van der Waals surface area (Å²) in [4.78, 5) is 6.78. The van der Waals surface area contributed by atoms with Crippen molar-refractivity contribution in [2.24, 2.45) is 4.99 Å². The smallest absolute Gasteiger partial charge is 0.190 e. The largest absolute Gasteiger partial charge is 0.382 e. The lowest BCUT2D eigenvalue weighted by molar-refractivity contribution is 0.0689. The fraction of sp³-hybridized carbons (Fsp3) is 0.944. The summed E-state index contributed by atoms with van der Waals surface area (Å²) >= 11 is 0. The summed E-state index contributed by atoms with van der Waals surface area (Å²) in [5.74, 6) is 0.885. The van der Waals surface area contributed by atoms with Crippen molar-refractivity contribution in [3.63, 3.8) is 0 Å². The Hall–Kier alpha value is -0.120. The van der Waals surface area contributed by atoms with E-state index in [0.29, 0.717) is 25.3 Å². The van der Waals surface area contributed by atoms with E-state index in [9.17, 15) is 0 Å². The molecule has 0 atom stereocenters. The van der Waals surface area contributed by atoms with Crippen LogP contribution in [0.4, 0.5) is 0 Å². The van der Waals surface area contributed by atoms with E-state index in [2.05, 4.69) is 48.2 Å². The molecule has 0 aromatic carbocycles. The summed E-state index contributed by atoms with van der Waals surface area (Å²) in [5.41, 5.74) is 0. The number of hydrogen-bond acceptors (Lipinski definition) is 4. The van der Waals surface area contributed by atoms with E-state index in [4.69, 9.17) is 9.47 Å². The van der Waals surface area contributed by atoms with E-state index in [1.54, 1.807) is 7.11 Å². The molecule has 0 heterocycles. The molecule has 0 radical (unpaired) electrons. The molecule has 0 aliphatic heterocycles. The number of ether oxygens (including phenoxy) is 2. The van der Waals surface area contributed by atoms with Gasteiger partial charge in [-0.1, -0.05) is 0 Å². The number of hydrogen-bond donors (Lipinski definition) is 2. The van der Waals surface area contributed by atoms with Gasteiger partial charge in [-0.05, 0) is 47.0 Å². The molecule has 0 rings (SSSR count). The molecule has 152 valence electrons. The van der Waals surface area contributed by atoms with Crippen LogP contribution >= 0.6 is 24.0 Å². The maximum Gasteiger partial charge on any atom is 0.190 e. The average Bonchev–Trinajstić information content (AvgIpc) is 2.54. The molecule has 25 heavy (non-hydrogen) atoms. The summed E-state index contributed by atoms with van der Waals surface area (Å²) < 4.78 is 10.4. The molecule has 0 spiro atoms. The van der Waals surface area contributed by atoms with E-state index >= 15 is 0 Å². The topological polar surface area (TPSA) is 58.1 Å². The maximum atomic E-state index is 5.44. The second-order valence-corrected chi connectivity index (χ2v) is 6.52. The third kappa shape index (κ3) is 15.8. The van der Waals surface area contributed by atoms with Crippen molar-refractivity contribution in [3.05, 3.63) is 0 Å². The third-order valence-electron chi connectivity index (χ3n) is 3.88. The molecule has 0 fully saturated rings. The van der Waals surface area contributed by atoms with Crippen LogP contribution in [0.15, 0.2) is 4.99 Å². The molecule has 0 aliphatic rings. The molecule has 0 aromatic rings. The summed E-state index contributed by atoms with van der Waals surface area (Å²) in [6.07, 6.45) is 3.23. The van der Waals surface area contributed by atoms with E-state index < -0.39 is 0 Å². The van der Waals surface area contributed by atoms with Crippen molar-refractivity contribution in [1.82, 2.24) is 15.5 Å². The first-order chi connectivity index (χ1) is 11.5. The molecule has 0 bridgehead atoms. The minimum absolute atomic E-state index is 0. The molecular formula is C18H41IN4O2. The van der Waals surface area contributed by atoms with Gasteiger partial charge in [0.25, 0.3) is 0 Å². The average molecular weight is 472 g/mol. The number of aliphatic imine (C=N–C) groups is 1. The van der Waals surface area contributed by atoms with Crippen molar-refractivity contribution < 1.29 is 9.47 Å². The van der Waals surface area contributed by atoms with Crippen molar-refractivity contribution in [2.45, 2.75) is 59.0 Å². The Morgan fingerprint density at radius 3 is 2.04 bits per heavy atom. The predicted molar refractivity (Wildman–Crippen MR) is 118 cm³/mol. The molecule has 0 aliphatic carbocycles. The van der Waals surface area contributed by atoms with Gasteiger partial charge in [-0.2, -0.15) is 0 Å². The van der Waals surface area contributed by atoms with Crippen LogP contribution in [-0.4, -0.2) is 76.6 Å². The third-order valence-corrected chi connectivity index (χ3v) is 3.88. The standard InChI is InChI=1S/C18H40N4O2.HI/c1-16(2)22(17(3)4)12-9-11-21-18(19-5)20-10-7-8-13-24-15-14-23-6;/h16-17H,7-15H2,1-6H3,(H2,19,20,21);1H. The van der Waals surface area contributed by atoms with Crippen LogP contribution in [-0.2, 0) is 9.47 Å². The molecule has 0 saturated heterocycles. The van der Waals surface area contributed by atoms with Crippen molar-refractivity contribution in [1.29, 1.82) is 0 Å². The molecule has 7 heteroatoms. The van der Waals surface area contributed by atoms with E-state index in [1.807, 2.05) is 7.05 Å². The molecule has 6 nitrogen and oxygen atoms in total. The summed E-state index contributed by atoms with van der Waals surface area (Å²) in [6, 6.07) is 1.18. The summed E-state index contributed by atoms with van der Waals surface area (Å²) in [7, 11) is 3.51. The van der Waals surface area contributed by atoms with Gasteiger partial charge in [-0.25, -0.2) is 0 Å². The van der Waals surface area contributed by atoms with Crippen LogP contribution in [0.25, 0.3) is 0 Å². The van der Waals surface area contributed by atoms with Crippen LogP contribution < -0.4 is 10.6 Å².